The Kier molecular flexibility index (Phi) is 4.91. The summed E-state index contributed by atoms with van der Waals surface area (Å²) < 4.78 is 5.43. The summed E-state index contributed by atoms with van der Waals surface area (Å²) >= 11 is 0. The molecule has 2 aliphatic rings. The van der Waals surface area contributed by atoms with Crippen LogP contribution in [0, 0.1) is 17.8 Å². The van der Waals surface area contributed by atoms with Crippen LogP contribution in [0.3, 0.4) is 0 Å². The van der Waals surface area contributed by atoms with Crippen molar-refractivity contribution in [1.29, 1.82) is 0 Å². The molecule has 1 aromatic rings. The summed E-state index contributed by atoms with van der Waals surface area (Å²) in [6, 6.07) is 10.2. The number of hydrogen-bond acceptors (Lipinski definition) is 3. The maximum Gasteiger partial charge on any atom is 0.168 e. The highest BCUT2D eigenvalue weighted by Crippen LogP contribution is 2.40. The molecule has 1 saturated heterocycles. The van der Waals surface area contributed by atoms with Crippen LogP contribution in [0.4, 0.5) is 0 Å². The molecule has 1 fully saturated rings. The largest absolute Gasteiger partial charge is 0.500 e. The van der Waals surface area contributed by atoms with E-state index >= 15 is 0 Å². The summed E-state index contributed by atoms with van der Waals surface area (Å²) in [5, 5.41) is 0. The first-order chi connectivity index (χ1) is 11.5. The fourth-order valence-corrected chi connectivity index (χ4v) is 3.98. The Labute approximate surface area is 145 Å². The third-order valence-electron chi connectivity index (χ3n) is 5.23. The number of hydrogen-bond donors (Lipinski definition) is 0. The number of rotatable bonds is 6. The lowest BCUT2D eigenvalue weighted by Crippen LogP contribution is -2.37. The lowest BCUT2D eigenvalue weighted by atomic mass is 9.96. The number of allylic oxidation sites excluding steroid dienone is 1. The van der Waals surface area contributed by atoms with Crippen LogP contribution in [0.15, 0.2) is 48.7 Å². The van der Waals surface area contributed by atoms with E-state index in [4.69, 9.17) is 4.74 Å². The molecular weight excluding hydrogens is 298 g/mol. The summed E-state index contributed by atoms with van der Waals surface area (Å²) in [6.45, 7) is 10.2. The molecular formula is C21H27NO2. The average Bonchev–Trinajstić information content (AvgIpc) is 3.12. The molecule has 3 rings (SSSR count). The Morgan fingerprint density at radius 1 is 1.29 bits per heavy atom. The summed E-state index contributed by atoms with van der Waals surface area (Å²) in [7, 11) is 1.69. The van der Waals surface area contributed by atoms with Crippen molar-refractivity contribution in [3.05, 3.63) is 54.3 Å². The van der Waals surface area contributed by atoms with Crippen LogP contribution in [0.1, 0.15) is 25.8 Å². The number of carbonyl (C=O) groups is 1. The minimum absolute atomic E-state index is 0.0829. The Bertz CT molecular complexity index is 647. The van der Waals surface area contributed by atoms with Gasteiger partial charge in [-0.3, -0.25) is 9.69 Å². The highest BCUT2D eigenvalue weighted by Gasteiger charge is 2.44. The smallest absolute Gasteiger partial charge is 0.168 e. The summed E-state index contributed by atoms with van der Waals surface area (Å²) in [5.74, 6) is 2.06. The number of ketones is 1. The van der Waals surface area contributed by atoms with Crippen molar-refractivity contribution in [2.45, 2.75) is 26.3 Å². The predicted octanol–water partition coefficient (Wildman–Crippen LogP) is 3.78. The van der Waals surface area contributed by atoms with E-state index in [0.29, 0.717) is 17.6 Å². The summed E-state index contributed by atoms with van der Waals surface area (Å²) in [6.07, 6.45) is 3.19. The van der Waals surface area contributed by atoms with Crippen molar-refractivity contribution in [3.63, 3.8) is 0 Å². The second-order valence-corrected chi connectivity index (χ2v) is 7.35. The predicted molar refractivity (Wildman–Crippen MR) is 97.4 cm³/mol. The van der Waals surface area contributed by atoms with Crippen molar-refractivity contribution in [3.8, 4) is 0 Å². The van der Waals surface area contributed by atoms with Crippen molar-refractivity contribution in [1.82, 2.24) is 4.90 Å². The second kappa shape index (κ2) is 6.94. The van der Waals surface area contributed by atoms with Crippen LogP contribution in [-0.2, 0) is 9.53 Å². The zero-order valence-corrected chi connectivity index (χ0v) is 14.9. The Balaban J connectivity index is 1.77. The molecule has 3 atom stereocenters. The van der Waals surface area contributed by atoms with Crippen molar-refractivity contribution in [2.75, 3.05) is 20.2 Å². The number of benzene rings is 1. The standard InChI is InChI=1S/C21H27NO2/c1-14(2)10-20(15(3)24-4)22-12-17-11-18(21(23)19(17)13-22)16-8-6-5-7-9-16/h5-9,11,14,17,19-20H,3,10,12-13H2,1-2,4H3/t17?,19?,20-/m0/s1. The number of methoxy groups -OCH3 is 1. The van der Waals surface area contributed by atoms with E-state index in [1.165, 1.54) is 0 Å². The van der Waals surface area contributed by atoms with E-state index < -0.39 is 0 Å². The van der Waals surface area contributed by atoms with Gasteiger partial charge < -0.3 is 4.74 Å². The molecule has 3 nitrogen and oxygen atoms in total. The number of likely N-dealkylation sites (tertiary alicyclic amines) is 1. The average molecular weight is 325 g/mol. The van der Waals surface area contributed by atoms with Gasteiger partial charge in [-0.15, -0.1) is 0 Å². The molecule has 1 aliphatic carbocycles. The van der Waals surface area contributed by atoms with Crippen molar-refractivity contribution in [2.24, 2.45) is 17.8 Å². The molecule has 0 radical (unpaired) electrons. The maximum absolute atomic E-state index is 12.9. The van der Waals surface area contributed by atoms with Gasteiger partial charge in [-0.2, -0.15) is 0 Å². The summed E-state index contributed by atoms with van der Waals surface area (Å²) in [4.78, 5) is 15.3. The van der Waals surface area contributed by atoms with Crippen LogP contribution in [0.25, 0.3) is 5.57 Å². The number of ether oxygens (including phenoxy) is 1. The minimum Gasteiger partial charge on any atom is -0.500 e. The Morgan fingerprint density at radius 3 is 2.58 bits per heavy atom. The number of Topliss-reactive ketones (excluding diaryl/α,β-unsaturated/α-hetero) is 1. The van der Waals surface area contributed by atoms with Gasteiger partial charge in [0.2, 0.25) is 0 Å². The quantitative estimate of drug-likeness (QED) is 0.746. The zero-order chi connectivity index (χ0) is 17.3. The molecule has 2 unspecified atom stereocenters. The topological polar surface area (TPSA) is 29.5 Å². The molecule has 1 heterocycles. The highest BCUT2D eigenvalue weighted by atomic mass is 16.5. The van der Waals surface area contributed by atoms with Crippen LogP contribution < -0.4 is 0 Å². The molecule has 3 heteroatoms. The first kappa shape index (κ1) is 17.0. The molecule has 128 valence electrons. The zero-order valence-electron chi connectivity index (χ0n) is 14.9. The van der Waals surface area contributed by atoms with E-state index in [2.05, 4.69) is 31.4 Å². The van der Waals surface area contributed by atoms with E-state index in [9.17, 15) is 4.79 Å². The van der Waals surface area contributed by atoms with Gasteiger partial charge in [0.1, 0.15) is 5.76 Å². The SMILES string of the molecule is C=C(OC)[C@H](CC(C)C)N1CC2C=C(c3ccccc3)C(=O)C2C1. The van der Waals surface area contributed by atoms with E-state index in [-0.39, 0.29) is 12.0 Å². The number of fused-ring (bicyclic) bond motifs is 1. The van der Waals surface area contributed by atoms with Gasteiger partial charge in [-0.1, -0.05) is 56.8 Å². The maximum atomic E-state index is 12.9. The van der Waals surface area contributed by atoms with E-state index in [1.54, 1.807) is 7.11 Å². The third-order valence-corrected chi connectivity index (χ3v) is 5.23. The first-order valence-corrected chi connectivity index (χ1v) is 8.79. The van der Waals surface area contributed by atoms with Crippen LogP contribution in [-0.4, -0.2) is 36.9 Å². The lowest BCUT2D eigenvalue weighted by Gasteiger charge is -2.30. The van der Waals surface area contributed by atoms with Gasteiger partial charge in [0.15, 0.2) is 5.78 Å². The highest BCUT2D eigenvalue weighted by molar-refractivity contribution is 6.24. The van der Waals surface area contributed by atoms with Gasteiger partial charge in [-0.05, 0) is 17.9 Å². The van der Waals surface area contributed by atoms with Crippen LogP contribution in [0.5, 0.6) is 0 Å². The van der Waals surface area contributed by atoms with Crippen LogP contribution >= 0.6 is 0 Å². The van der Waals surface area contributed by atoms with E-state index in [0.717, 1.165) is 36.4 Å². The number of carbonyl (C=O) groups excluding carboxylic acids is 1. The van der Waals surface area contributed by atoms with Crippen molar-refractivity contribution < 1.29 is 9.53 Å². The molecule has 24 heavy (non-hydrogen) atoms. The minimum atomic E-state index is 0.0829. The molecule has 0 aromatic heterocycles. The van der Waals surface area contributed by atoms with Gasteiger partial charge in [0.25, 0.3) is 0 Å². The second-order valence-electron chi connectivity index (χ2n) is 7.35. The molecule has 0 spiro atoms. The fourth-order valence-electron chi connectivity index (χ4n) is 3.98. The first-order valence-electron chi connectivity index (χ1n) is 8.79. The molecule has 1 aliphatic heterocycles. The monoisotopic (exact) mass is 325 g/mol. The lowest BCUT2D eigenvalue weighted by molar-refractivity contribution is -0.116. The normalized spacial score (nSPS) is 24.8. The van der Waals surface area contributed by atoms with Crippen LogP contribution in [0.2, 0.25) is 0 Å². The van der Waals surface area contributed by atoms with Gasteiger partial charge in [-0.25, -0.2) is 0 Å². The third kappa shape index (κ3) is 3.18. The Morgan fingerprint density at radius 2 is 2.00 bits per heavy atom. The van der Waals surface area contributed by atoms with Gasteiger partial charge in [0, 0.05) is 30.5 Å². The molecule has 0 saturated carbocycles. The molecule has 0 N–H and O–H groups in total. The van der Waals surface area contributed by atoms with Gasteiger partial charge in [0.05, 0.1) is 13.2 Å². The van der Waals surface area contributed by atoms with Crippen molar-refractivity contribution >= 4 is 11.4 Å². The molecule has 1 aromatic carbocycles. The molecule has 0 bridgehead atoms. The fraction of sp³-hybridized carbons (Fsp3) is 0.476. The van der Waals surface area contributed by atoms with E-state index in [1.807, 2.05) is 30.3 Å². The number of nitrogens with zero attached hydrogens (tertiary/aromatic N) is 1. The Hall–Kier alpha value is -1.87. The van der Waals surface area contributed by atoms with Gasteiger partial charge >= 0.3 is 0 Å². The molecule has 0 amide bonds. The summed E-state index contributed by atoms with van der Waals surface area (Å²) in [5.41, 5.74) is 1.94.